The van der Waals surface area contributed by atoms with E-state index in [0.717, 1.165) is 30.4 Å². The van der Waals surface area contributed by atoms with Gasteiger partial charge in [0.2, 0.25) is 0 Å². The lowest BCUT2D eigenvalue weighted by Gasteiger charge is -2.43. The van der Waals surface area contributed by atoms with Crippen LogP contribution in [0.4, 0.5) is 0 Å². The van der Waals surface area contributed by atoms with Gasteiger partial charge in [0.05, 0.1) is 6.61 Å². The number of rotatable bonds is 6. The lowest BCUT2D eigenvalue weighted by Crippen LogP contribution is -2.56. The molecule has 24 heavy (non-hydrogen) atoms. The summed E-state index contributed by atoms with van der Waals surface area (Å²) in [5.41, 5.74) is 0.747. The van der Waals surface area contributed by atoms with Gasteiger partial charge >= 0.3 is 0 Å². The standard InChI is InChI=1S/C20H31NO3/c1-14(2)18-9-4-15(3)12-20(18,24)19(23)21-11-10-16-5-7-17(13-22)8-6-16/h5-8,14-15,18,22,24H,4,9-13H2,1-3H3,(H,21,23)/t15-,18+,20+/m1/s1. The maximum Gasteiger partial charge on any atom is 0.252 e. The second kappa shape index (κ2) is 8.13. The summed E-state index contributed by atoms with van der Waals surface area (Å²) in [6, 6.07) is 7.71. The van der Waals surface area contributed by atoms with Crippen molar-refractivity contribution in [3.8, 4) is 0 Å². The Bertz CT molecular complexity index is 540. The summed E-state index contributed by atoms with van der Waals surface area (Å²) < 4.78 is 0. The first-order chi connectivity index (χ1) is 11.4. The molecule has 0 aliphatic heterocycles. The number of hydrogen-bond donors (Lipinski definition) is 3. The van der Waals surface area contributed by atoms with Crippen molar-refractivity contribution in [2.75, 3.05) is 6.54 Å². The molecule has 4 nitrogen and oxygen atoms in total. The fourth-order valence-corrected chi connectivity index (χ4v) is 3.92. The molecule has 1 aliphatic carbocycles. The topological polar surface area (TPSA) is 69.6 Å². The molecule has 0 radical (unpaired) electrons. The molecular weight excluding hydrogens is 302 g/mol. The van der Waals surface area contributed by atoms with Crippen LogP contribution >= 0.6 is 0 Å². The van der Waals surface area contributed by atoms with Crippen molar-refractivity contribution in [1.29, 1.82) is 0 Å². The number of amides is 1. The second-order valence-corrected chi connectivity index (χ2v) is 7.64. The minimum atomic E-state index is -1.24. The Labute approximate surface area is 145 Å². The van der Waals surface area contributed by atoms with Crippen LogP contribution in [-0.2, 0) is 17.8 Å². The minimum absolute atomic E-state index is 0.0255. The minimum Gasteiger partial charge on any atom is -0.392 e. The number of carbonyl (C=O) groups is 1. The Morgan fingerprint density at radius 1 is 1.25 bits per heavy atom. The summed E-state index contributed by atoms with van der Waals surface area (Å²) >= 11 is 0. The largest absolute Gasteiger partial charge is 0.392 e. The van der Waals surface area contributed by atoms with E-state index in [1.807, 2.05) is 24.3 Å². The van der Waals surface area contributed by atoms with E-state index in [1.165, 1.54) is 0 Å². The van der Waals surface area contributed by atoms with Crippen LogP contribution in [0.3, 0.4) is 0 Å². The van der Waals surface area contributed by atoms with Crippen molar-refractivity contribution in [1.82, 2.24) is 5.32 Å². The summed E-state index contributed by atoms with van der Waals surface area (Å²) in [7, 11) is 0. The van der Waals surface area contributed by atoms with Gasteiger partial charge in [-0.1, -0.05) is 51.5 Å². The van der Waals surface area contributed by atoms with Crippen LogP contribution in [-0.4, -0.2) is 28.3 Å². The van der Waals surface area contributed by atoms with Gasteiger partial charge in [-0.3, -0.25) is 4.79 Å². The molecule has 1 aromatic rings. The van der Waals surface area contributed by atoms with Crippen LogP contribution in [0.1, 0.15) is 51.2 Å². The first kappa shape index (κ1) is 18.9. The van der Waals surface area contributed by atoms with Gasteiger partial charge in [0.1, 0.15) is 5.60 Å². The molecule has 1 aromatic carbocycles. The van der Waals surface area contributed by atoms with E-state index < -0.39 is 5.60 Å². The van der Waals surface area contributed by atoms with Crippen molar-refractivity contribution < 1.29 is 15.0 Å². The number of hydrogen-bond acceptors (Lipinski definition) is 3. The molecule has 0 bridgehead atoms. The van der Waals surface area contributed by atoms with Crippen molar-refractivity contribution in [3.05, 3.63) is 35.4 Å². The lowest BCUT2D eigenvalue weighted by atomic mass is 9.66. The zero-order valence-corrected chi connectivity index (χ0v) is 15.1. The van der Waals surface area contributed by atoms with Gasteiger partial charge in [0.15, 0.2) is 0 Å². The highest BCUT2D eigenvalue weighted by molar-refractivity contribution is 5.85. The average molecular weight is 333 g/mol. The van der Waals surface area contributed by atoms with Crippen LogP contribution in [0, 0.1) is 17.8 Å². The normalized spacial score (nSPS) is 27.2. The molecular formula is C20H31NO3. The van der Waals surface area contributed by atoms with Crippen molar-refractivity contribution in [3.63, 3.8) is 0 Å². The van der Waals surface area contributed by atoms with Gasteiger partial charge < -0.3 is 15.5 Å². The molecule has 0 unspecified atom stereocenters. The molecule has 0 aromatic heterocycles. The van der Waals surface area contributed by atoms with Gasteiger partial charge in [-0.15, -0.1) is 0 Å². The molecule has 1 saturated carbocycles. The predicted octanol–water partition coefficient (Wildman–Crippen LogP) is 2.66. The molecule has 0 heterocycles. The van der Waals surface area contributed by atoms with Crippen LogP contribution < -0.4 is 5.32 Å². The van der Waals surface area contributed by atoms with E-state index in [4.69, 9.17) is 5.11 Å². The average Bonchev–Trinajstić information content (AvgIpc) is 2.55. The van der Waals surface area contributed by atoms with Crippen LogP contribution in [0.5, 0.6) is 0 Å². The molecule has 2 rings (SSSR count). The molecule has 3 N–H and O–H groups in total. The molecule has 1 aliphatic rings. The smallest absolute Gasteiger partial charge is 0.252 e. The Morgan fingerprint density at radius 2 is 1.88 bits per heavy atom. The SMILES string of the molecule is CC(C)[C@@H]1CC[C@@H](C)C[C@@]1(O)C(=O)NCCc1ccc(CO)cc1. The number of carbonyl (C=O) groups excluding carboxylic acids is 1. The summed E-state index contributed by atoms with van der Waals surface area (Å²) in [5.74, 6) is 0.471. The summed E-state index contributed by atoms with van der Waals surface area (Å²) in [4.78, 5) is 12.7. The van der Waals surface area contributed by atoms with E-state index in [2.05, 4.69) is 26.1 Å². The highest BCUT2D eigenvalue weighted by Crippen LogP contribution is 2.41. The van der Waals surface area contributed by atoms with E-state index in [-0.39, 0.29) is 18.4 Å². The Kier molecular flexibility index (Phi) is 6.41. The molecule has 0 saturated heterocycles. The van der Waals surface area contributed by atoms with Crippen molar-refractivity contribution >= 4 is 5.91 Å². The van der Waals surface area contributed by atoms with Crippen LogP contribution in [0.15, 0.2) is 24.3 Å². The highest BCUT2D eigenvalue weighted by atomic mass is 16.3. The Hall–Kier alpha value is -1.39. The Morgan fingerprint density at radius 3 is 2.46 bits per heavy atom. The second-order valence-electron chi connectivity index (χ2n) is 7.64. The summed E-state index contributed by atoms with van der Waals surface area (Å²) in [6.07, 6.45) is 3.25. The van der Waals surface area contributed by atoms with Crippen LogP contribution in [0.25, 0.3) is 0 Å². The fourth-order valence-electron chi connectivity index (χ4n) is 3.92. The summed E-state index contributed by atoms with van der Waals surface area (Å²) in [5, 5.41) is 23.1. The third-order valence-corrected chi connectivity index (χ3v) is 5.35. The van der Waals surface area contributed by atoms with E-state index in [1.54, 1.807) is 0 Å². The number of aliphatic hydroxyl groups excluding tert-OH is 1. The third-order valence-electron chi connectivity index (χ3n) is 5.35. The number of aliphatic hydroxyl groups is 2. The monoisotopic (exact) mass is 333 g/mol. The van der Waals surface area contributed by atoms with E-state index in [0.29, 0.717) is 24.8 Å². The van der Waals surface area contributed by atoms with Gasteiger partial charge in [-0.2, -0.15) is 0 Å². The van der Waals surface area contributed by atoms with Crippen LogP contribution in [0.2, 0.25) is 0 Å². The van der Waals surface area contributed by atoms with Gasteiger partial charge in [0.25, 0.3) is 5.91 Å². The highest BCUT2D eigenvalue weighted by Gasteiger charge is 2.48. The van der Waals surface area contributed by atoms with Gasteiger partial charge in [-0.25, -0.2) is 0 Å². The number of benzene rings is 1. The predicted molar refractivity (Wildman–Crippen MR) is 95.4 cm³/mol. The van der Waals surface area contributed by atoms with E-state index >= 15 is 0 Å². The maximum absolute atomic E-state index is 12.7. The first-order valence-corrected chi connectivity index (χ1v) is 9.06. The molecule has 4 heteroatoms. The number of nitrogens with one attached hydrogen (secondary N) is 1. The molecule has 0 spiro atoms. The zero-order chi connectivity index (χ0) is 17.7. The molecule has 1 fully saturated rings. The molecule has 3 atom stereocenters. The van der Waals surface area contributed by atoms with E-state index in [9.17, 15) is 9.90 Å². The lowest BCUT2D eigenvalue weighted by molar-refractivity contribution is -0.155. The quantitative estimate of drug-likeness (QED) is 0.749. The Balaban J connectivity index is 1.93. The third kappa shape index (κ3) is 4.37. The van der Waals surface area contributed by atoms with Gasteiger partial charge in [0, 0.05) is 6.54 Å². The fraction of sp³-hybridized carbons (Fsp3) is 0.650. The van der Waals surface area contributed by atoms with Crippen molar-refractivity contribution in [2.24, 2.45) is 17.8 Å². The zero-order valence-electron chi connectivity index (χ0n) is 15.1. The molecule has 134 valence electrons. The first-order valence-electron chi connectivity index (χ1n) is 9.06. The maximum atomic E-state index is 12.7. The summed E-state index contributed by atoms with van der Waals surface area (Å²) in [6.45, 7) is 6.83. The van der Waals surface area contributed by atoms with Gasteiger partial charge in [-0.05, 0) is 48.1 Å². The molecule has 1 amide bonds. The van der Waals surface area contributed by atoms with Crippen molar-refractivity contribution in [2.45, 2.75) is 58.7 Å².